The van der Waals surface area contributed by atoms with Crippen molar-refractivity contribution < 1.29 is 4.74 Å². The van der Waals surface area contributed by atoms with Crippen LogP contribution in [0.5, 0.6) is 5.88 Å². The summed E-state index contributed by atoms with van der Waals surface area (Å²) in [7, 11) is 1.86. The van der Waals surface area contributed by atoms with Crippen molar-refractivity contribution in [3.05, 3.63) is 18.6 Å². The summed E-state index contributed by atoms with van der Waals surface area (Å²) in [5, 5.41) is 3.06. The van der Waals surface area contributed by atoms with Gasteiger partial charge in [-0.3, -0.25) is 4.40 Å². The SMILES string of the molecule is CNc1cn2ccnc2c(OC2CC(C)CC(C)C2)n1. The van der Waals surface area contributed by atoms with Gasteiger partial charge in [0.1, 0.15) is 11.9 Å². The van der Waals surface area contributed by atoms with Gasteiger partial charge in [0.25, 0.3) is 5.88 Å². The summed E-state index contributed by atoms with van der Waals surface area (Å²) in [6, 6.07) is 0. The number of aromatic nitrogens is 3. The Morgan fingerprint density at radius 3 is 2.70 bits per heavy atom. The maximum Gasteiger partial charge on any atom is 0.260 e. The molecule has 108 valence electrons. The van der Waals surface area contributed by atoms with E-state index >= 15 is 0 Å². The summed E-state index contributed by atoms with van der Waals surface area (Å²) in [6.07, 6.45) is 9.34. The molecule has 3 rings (SSSR count). The molecule has 2 aromatic rings. The van der Waals surface area contributed by atoms with Crippen LogP contribution in [0.15, 0.2) is 18.6 Å². The number of imidazole rings is 1. The molecule has 0 aromatic carbocycles. The van der Waals surface area contributed by atoms with Gasteiger partial charge in [-0.25, -0.2) is 4.98 Å². The van der Waals surface area contributed by atoms with Crippen LogP contribution in [0, 0.1) is 11.8 Å². The van der Waals surface area contributed by atoms with Crippen molar-refractivity contribution in [3.63, 3.8) is 0 Å². The van der Waals surface area contributed by atoms with Crippen LogP contribution in [0.25, 0.3) is 5.65 Å². The number of ether oxygens (including phenoxy) is 1. The van der Waals surface area contributed by atoms with Crippen LogP contribution in [-0.2, 0) is 0 Å². The zero-order chi connectivity index (χ0) is 14.1. The van der Waals surface area contributed by atoms with Crippen molar-refractivity contribution in [3.8, 4) is 5.88 Å². The van der Waals surface area contributed by atoms with Crippen LogP contribution in [0.4, 0.5) is 5.82 Å². The van der Waals surface area contributed by atoms with E-state index in [0.717, 1.165) is 24.3 Å². The van der Waals surface area contributed by atoms with Crippen LogP contribution >= 0.6 is 0 Å². The van der Waals surface area contributed by atoms with Gasteiger partial charge in [-0.15, -0.1) is 0 Å². The van der Waals surface area contributed by atoms with E-state index in [9.17, 15) is 0 Å². The van der Waals surface area contributed by atoms with E-state index in [0.29, 0.717) is 17.7 Å². The van der Waals surface area contributed by atoms with Gasteiger partial charge in [-0.05, 0) is 31.1 Å². The molecule has 20 heavy (non-hydrogen) atoms. The highest BCUT2D eigenvalue weighted by molar-refractivity contribution is 5.53. The third-order valence-corrected chi connectivity index (χ3v) is 4.01. The molecular formula is C15H22N4O. The number of hydrogen-bond acceptors (Lipinski definition) is 4. The molecule has 1 fully saturated rings. The Labute approximate surface area is 119 Å². The molecule has 2 unspecified atom stereocenters. The molecule has 1 N–H and O–H groups in total. The summed E-state index contributed by atoms with van der Waals surface area (Å²) in [4.78, 5) is 8.86. The number of nitrogens with zero attached hydrogens (tertiary/aromatic N) is 3. The second-order valence-corrected chi connectivity index (χ2v) is 6.00. The lowest BCUT2D eigenvalue weighted by Crippen LogP contribution is -2.29. The predicted octanol–water partition coefficient (Wildman–Crippen LogP) is 2.97. The summed E-state index contributed by atoms with van der Waals surface area (Å²) in [5.41, 5.74) is 0.787. The van der Waals surface area contributed by atoms with Gasteiger partial charge in [0.2, 0.25) is 5.65 Å². The molecule has 0 aliphatic heterocycles. The maximum atomic E-state index is 6.18. The van der Waals surface area contributed by atoms with E-state index in [1.165, 1.54) is 6.42 Å². The largest absolute Gasteiger partial charge is 0.472 e. The minimum absolute atomic E-state index is 0.244. The van der Waals surface area contributed by atoms with E-state index < -0.39 is 0 Å². The highest BCUT2D eigenvalue weighted by Crippen LogP contribution is 2.32. The first kappa shape index (κ1) is 13.2. The van der Waals surface area contributed by atoms with Gasteiger partial charge in [0.05, 0.1) is 6.20 Å². The lowest BCUT2D eigenvalue weighted by Gasteiger charge is -2.31. The van der Waals surface area contributed by atoms with Gasteiger partial charge in [-0.2, -0.15) is 4.98 Å². The van der Waals surface area contributed by atoms with Crippen molar-refractivity contribution in [1.29, 1.82) is 0 Å². The number of rotatable bonds is 3. The summed E-state index contributed by atoms with van der Waals surface area (Å²) >= 11 is 0. The molecule has 2 atom stereocenters. The summed E-state index contributed by atoms with van der Waals surface area (Å²) in [5.74, 6) is 2.86. The third-order valence-electron chi connectivity index (χ3n) is 4.01. The average Bonchev–Trinajstić information content (AvgIpc) is 2.85. The van der Waals surface area contributed by atoms with Crippen molar-refractivity contribution in [2.24, 2.45) is 11.8 Å². The standard InChI is InChI=1S/C15H22N4O/c1-10-6-11(2)8-12(7-10)20-15-14-17-4-5-19(14)9-13(16-3)18-15/h4-5,9-12,16H,6-8H2,1-3H3. The molecular weight excluding hydrogens is 252 g/mol. The van der Waals surface area contributed by atoms with Gasteiger partial charge >= 0.3 is 0 Å². The van der Waals surface area contributed by atoms with Gasteiger partial charge in [0.15, 0.2) is 0 Å². The molecule has 2 aromatic heterocycles. The monoisotopic (exact) mass is 274 g/mol. The first-order valence-corrected chi connectivity index (χ1v) is 7.34. The normalized spacial score (nSPS) is 26.6. The van der Waals surface area contributed by atoms with Gasteiger partial charge in [0, 0.05) is 19.4 Å². The smallest absolute Gasteiger partial charge is 0.260 e. The molecule has 0 radical (unpaired) electrons. The van der Waals surface area contributed by atoms with Crippen molar-refractivity contribution >= 4 is 11.5 Å². The Hall–Kier alpha value is -1.78. The quantitative estimate of drug-likeness (QED) is 0.935. The Morgan fingerprint density at radius 2 is 2.00 bits per heavy atom. The third kappa shape index (κ3) is 2.57. The van der Waals surface area contributed by atoms with Crippen molar-refractivity contribution in [1.82, 2.24) is 14.4 Å². The van der Waals surface area contributed by atoms with E-state index in [-0.39, 0.29) is 6.10 Å². The molecule has 0 bridgehead atoms. The molecule has 1 aliphatic rings. The molecule has 2 heterocycles. The molecule has 5 heteroatoms. The summed E-state index contributed by atoms with van der Waals surface area (Å²) < 4.78 is 8.12. The zero-order valence-corrected chi connectivity index (χ0v) is 12.3. The van der Waals surface area contributed by atoms with E-state index in [1.54, 1.807) is 6.20 Å². The number of hydrogen-bond donors (Lipinski definition) is 1. The zero-order valence-electron chi connectivity index (χ0n) is 12.3. The Morgan fingerprint density at radius 1 is 1.25 bits per heavy atom. The van der Waals surface area contributed by atoms with Crippen LogP contribution in [0.3, 0.4) is 0 Å². The number of nitrogens with one attached hydrogen (secondary N) is 1. The lowest BCUT2D eigenvalue weighted by molar-refractivity contribution is 0.0978. The molecule has 0 saturated heterocycles. The minimum atomic E-state index is 0.244. The Kier molecular flexibility index (Phi) is 3.51. The van der Waals surface area contributed by atoms with Crippen molar-refractivity contribution in [2.45, 2.75) is 39.2 Å². The predicted molar refractivity (Wildman–Crippen MR) is 79.1 cm³/mol. The minimum Gasteiger partial charge on any atom is -0.472 e. The second kappa shape index (κ2) is 5.31. The molecule has 5 nitrogen and oxygen atoms in total. The fourth-order valence-corrected chi connectivity index (χ4v) is 3.23. The fourth-order valence-electron chi connectivity index (χ4n) is 3.23. The molecule has 0 amide bonds. The van der Waals surface area contributed by atoms with E-state index in [2.05, 4.69) is 29.1 Å². The summed E-state index contributed by atoms with van der Waals surface area (Å²) in [6.45, 7) is 4.60. The van der Waals surface area contributed by atoms with E-state index in [1.807, 2.05) is 23.8 Å². The van der Waals surface area contributed by atoms with Crippen molar-refractivity contribution in [2.75, 3.05) is 12.4 Å². The molecule has 1 saturated carbocycles. The first-order chi connectivity index (χ1) is 9.65. The highest BCUT2D eigenvalue weighted by Gasteiger charge is 2.26. The second-order valence-electron chi connectivity index (χ2n) is 6.00. The fraction of sp³-hybridized carbons (Fsp3) is 0.600. The molecule has 0 spiro atoms. The number of fused-ring (bicyclic) bond motifs is 1. The van der Waals surface area contributed by atoms with Crippen LogP contribution in [-0.4, -0.2) is 27.5 Å². The number of anilines is 1. The Bertz CT molecular complexity index is 585. The molecule has 1 aliphatic carbocycles. The first-order valence-electron chi connectivity index (χ1n) is 7.34. The maximum absolute atomic E-state index is 6.18. The van der Waals surface area contributed by atoms with Gasteiger partial charge < -0.3 is 10.1 Å². The lowest BCUT2D eigenvalue weighted by atomic mass is 9.82. The average molecular weight is 274 g/mol. The van der Waals surface area contributed by atoms with Crippen LogP contribution in [0.1, 0.15) is 33.1 Å². The topological polar surface area (TPSA) is 51.5 Å². The van der Waals surface area contributed by atoms with Crippen LogP contribution < -0.4 is 10.1 Å². The van der Waals surface area contributed by atoms with Gasteiger partial charge in [-0.1, -0.05) is 13.8 Å². The van der Waals surface area contributed by atoms with E-state index in [4.69, 9.17) is 4.74 Å². The van der Waals surface area contributed by atoms with Crippen LogP contribution in [0.2, 0.25) is 0 Å². The Balaban J connectivity index is 1.87. The highest BCUT2D eigenvalue weighted by atomic mass is 16.5.